The number of pyridine rings is 1. The summed E-state index contributed by atoms with van der Waals surface area (Å²) in [5.74, 6) is 0.112. The van der Waals surface area contributed by atoms with Crippen LogP contribution < -0.4 is 10.1 Å². The van der Waals surface area contributed by atoms with Gasteiger partial charge in [-0.3, -0.25) is 10.1 Å². The lowest BCUT2D eigenvalue weighted by Crippen LogP contribution is -2.21. The van der Waals surface area contributed by atoms with Crippen LogP contribution in [0.1, 0.15) is 5.56 Å². The molecule has 0 spiro atoms. The van der Waals surface area contributed by atoms with Gasteiger partial charge in [0.25, 0.3) is 0 Å². The molecule has 0 fully saturated rings. The summed E-state index contributed by atoms with van der Waals surface area (Å²) in [6.45, 7) is 0. The Morgan fingerprint density at radius 2 is 1.72 bits per heavy atom. The fourth-order valence-corrected chi connectivity index (χ4v) is 5.53. The van der Waals surface area contributed by atoms with Crippen LogP contribution in [0.2, 0.25) is 0 Å². The molecule has 3 aromatic heterocycles. The van der Waals surface area contributed by atoms with Crippen molar-refractivity contribution in [1.29, 1.82) is 0 Å². The molecule has 0 bridgehead atoms. The number of fused-ring (bicyclic) bond motifs is 2. The summed E-state index contributed by atoms with van der Waals surface area (Å²) in [4.78, 5) is 7.91. The molecule has 1 unspecified atom stereocenters. The number of ether oxygens (including phenoxy) is 1. The van der Waals surface area contributed by atoms with Gasteiger partial charge in [0.05, 0.1) is 30.2 Å². The summed E-state index contributed by atoms with van der Waals surface area (Å²) in [6.07, 6.45) is 3.24. The van der Waals surface area contributed by atoms with Gasteiger partial charge in [-0.2, -0.15) is 5.10 Å². The van der Waals surface area contributed by atoms with E-state index in [0.29, 0.717) is 12.2 Å². The summed E-state index contributed by atoms with van der Waals surface area (Å²) >= 11 is 0. The quantitative estimate of drug-likeness (QED) is 0.142. The molecule has 0 aliphatic carbocycles. The molecular formula is C35H28FN5O2. The van der Waals surface area contributed by atoms with Crippen LogP contribution in [0.4, 0.5) is 10.1 Å². The number of aliphatic hydroxyl groups excluding tert-OH is 1. The number of anilines is 1. The van der Waals surface area contributed by atoms with E-state index in [1.54, 1.807) is 12.4 Å². The van der Waals surface area contributed by atoms with Crippen molar-refractivity contribution in [3.05, 3.63) is 121 Å². The van der Waals surface area contributed by atoms with Crippen molar-refractivity contribution in [3.8, 4) is 39.4 Å². The number of nitrogens with one attached hydrogen (secondary N) is 3. The second-order valence-electron chi connectivity index (χ2n) is 10.5. The predicted molar refractivity (Wildman–Crippen MR) is 168 cm³/mol. The Morgan fingerprint density at radius 3 is 2.58 bits per heavy atom. The zero-order valence-electron chi connectivity index (χ0n) is 23.3. The molecule has 4 N–H and O–H groups in total. The van der Waals surface area contributed by atoms with E-state index in [0.717, 1.165) is 66.7 Å². The summed E-state index contributed by atoms with van der Waals surface area (Å²) in [5.41, 5.74) is 8.70. The normalized spacial score (nSPS) is 12.1. The molecule has 7 rings (SSSR count). The van der Waals surface area contributed by atoms with Crippen LogP contribution >= 0.6 is 0 Å². The number of H-pyrrole nitrogens is 2. The maximum atomic E-state index is 14.3. The minimum absolute atomic E-state index is 0.354. The van der Waals surface area contributed by atoms with Gasteiger partial charge in [0.15, 0.2) is 0 Å². The topological polar surface area (TPSA) is 98.9 Å². The maximum absolute atomic E-state index is 14.3. The van der Waals surface area contributed by atoms with Crippen LogP contribution in [0.3, 0.4) is 0 Å². The van der Waals surface area contributed by atoms with Crippen molar-refractivity contribution in [2.75, 3.05) is 12.4 Å². The molecule has 3 heterocycles. The van der Waals surface area contributed by atoms with E-state index in [9.17, 15) is 9.50 Å². The molecule has 1 atom stereocenters. The summed E-state index contributed by atoms with van der Waals surface area (Å²) in [7, 11) is 1.53. The average molecular weight is 570 g/mol. The van der Waals surface area contributed by atoms with Crippen molar-refractivity contribution in [1.82, 2.24) is 20.2 Å². The molecule has 7 aromatic rings. The van der Waals surface area contributed by atoms with Gasteiger partial charge in [-0.05, 0) is 64.7 Å². The van der Waals surface area contributed by atoms with Gasteiger partial charge in [-0.25, -0.2) is 4.39 Å². The van der Waals surface area contributed by atoms with Crippen LogP contribution in [0, 0.1) is 5.82 Å². The van der Waals surface area contributed by atoms with Gasteiger partial charge in [-0.1, -0.05) is 48.5 Å². The first-order valence-corrected chi connectivity index (χ1v) is 13.9. The number of halogens is 1. The highest BCUT2D eigenvalue weighted by atomic mass is 19.1. The van der Waals surface area contributed by atoms with Crippen LogP contribution in [-0.4, -0.2) is 38.6 Å². The van der Waals surface area contributed by atoms with Gasteiger partial charge < -0.3 is 20.1 Å². The smallest absolute Gasteiger partial charge is 0.128 e. The third kappa shape index (κ3) is 5.31. The number of rotatable bonds is 8. The Hall–Kier alpha value is -5.47. The van der Waals surface area contributed by atoms with Crippen molar-refractivity contribution in [2.24, 2.45) is 0 Å². The number of nitrogens with zero attached hydrogens (tertiary/aromatic N) is 2. The first-order valence-electron chi connectivity index (χ1n) is 13.9. The number of aromatic nitrogens is 4. The fraction of sp³-hybridized carbons (Fsp3) is 0.0857. The number of hydrogen-bond acceptors (Lipinski definition) is 5. The molecule has 0 aliphatic heterocycles. The van der Waals surface area contributed by atoms with Crippen molar-refractivity contribution in [3.63, 3.8) is 0 Å². The number of aliphatic hydroxyl groups is 1. The van der Waals surface area contributed by atoms with Gasteiger partial charge in [0.2, 0.25) is 0 Å². The highest BCUT2D eigenvalue weighted by molar-refractivity contribution is 6.02. The first kappa shape index (κ1) is 26.4. The average Bonchev–Trinajstić information content (AvgIpc) is 3.65. The lowest BCUT2D eigenvalue weighted by atomic mass is 10.0. The molecular weight excluding hydrogens is 541 g/mol. The Labute approximate surface area is 247 Å². The number of hydrogen-bond donors (Lipinski definition) is 4. The zero-order chi connectivity index (χ0) is 29.3. The molecule has 43 heavy (non-hydrogen) atoms. The second kappa shape index (κ2) is 11.1. The summed E-state index contributed by atoms with van der Waals surface area (Å²) < 4.78 is 19.6. The molecule has 0 amide bonds. The maximum Gasteiger partial charge on any atom is 0.128 e. The largest absolute Gasteiger partial charge is 0.497 e. The van der Waals surface area contributed by atoms with Crippen LogP contribution in [0.5, 0.6) is 5.75 Å². The van der Waals surface area contributed by atoms with Gasteiger partial charge in [0.1, 0.15) is 23.5 Å². The van der Waals surface area contributed by atoms with Gasteiger partial charge in [0, 0.05) is 40.5 Å². The molecule has 4 aromatic carbocycles. The lowest BCUT2D eigenvalue weighted by Gasteiger charge is -2.15. The number of benzene rings is 4. The third-order valence-corrected chi connectivity index (χ3v) is 7.58. The monoisotopic (exact) mass is 569 g/mol. The van der Waals surface area contributed by atoms with Crippen LogP contribution in [-0.2, 0) is 6.42 Å². The van der Waals surface area contributed by atoms with Crippen molar-refractivity contribution >= 4 is 27.5 Å². The Kier molecular flexibility index (Phi) is 6.81. The van der Waals surface area contributed by atoms with Gasteiger partial charge in [-0.15, -0.1) is 0 Å². The molecule has 0 saturated carbocycles. The van der Waals surface area contributed by atoms with E-state index in [4.69, 9.17) is 4.74 Å². The number of methoxy groups -OCH3 is 1. The minimum Gasteiger partial charge on any atom is -0.497 e. The molecule has 7 nitrogen and oxygen atoms in total. The predicted octanol–water partition coefficient (Wildman–Crippen LogP) is 7.56. The number of aromatic amines is 2. The molecule has 0 saturated heterocycles. The molecule has 0 radical (unpaired) electrons. The molecule has 8 heteroatoms. The van der Waals surface area contributed by atoms with Crippen LogP contribution in [0.15, 0.2) is 109 Å². The molecule has 212 valence electrons. The summed E-state index contributed by atoms with van der Waals surface area (Å²) in [5, 5.41) is 23.4. The third-order valence-electron chi connectivity index (χ3n) is 7.58. The van der Waals surface area contributed by atoms with E-state index in [2.05, 4.69) is 31.5 Å². The minimum atomic E-state index is -0.747. The van der Waals surface area contributed by atoms with E-state index < -0.39 is 6.23 Å². The van der Waals surface area contributed by atoms with Gasteiger partial charge >= 0.3 is 0 Å². The second-order valence-corrected chi connectivity index (χ2v) is 10.5. The van der Waals surface area contributed by atoms with Crippen LogP contribution in [0.25, 0.3) is 55.4 Å². The Bertz CT molecular complexity index is 2070. The standard InChI is InChI=1S/C35H28FN5O2/c1-43-27-15-23(13-25(36)17-27)28-8-5-9-31-29(28)18-33(39-31)35-30-16-22(10-11-32(30)40-41-35)24-14-26(20-37-19-24)38-34(42)12-21-6-3-2-4-7-21/h2-11,13-20,34,38-39,42H,12H2,1H3,(H,40,41). The van der Waals surface area contributed by atoms with E-state index in [-0.39, 0.29) is 5.82 Å². The first-order chi connectivity index (χ1) is 21.0. The molecule has 0 aliphatic rings. The Morgan fingerprint density at radius 1 is 0.837 bits per heavy atom. The van der Waals surface area contributed by atoms with Crippen molar-refractivity contribution in [2.45, 2.75) is 12.6 Å². The summed E-state index contributed by atoms with van der Waals surface area (Å²) in [6, 6.07) is 30.6. The zero-order valence-corrected chi connectivity index (χ0v) is 23.3. The van der Waals surface area contributed by atoms with E-state index in [1.165, 1.54) is 19.2 Å². The highest BCUT2D eigenvalue weighted by Crippen LogP contribution is 2.36. The Balaban J connectivity index is 1.21. The highest BCUT2D eigenvalue weighted by Gasteiger charge is 2.16. The lowest BCUT2D eigenvalue weighted by molar-refractivity contribution is 0.204. The van der Waals surface area contributed by atoms with Crippen molar-refractivity contribution < 1.29 is 14.2 Å². The van der Waals surface area contributed by atoms with E-state index in [1.807, 2.05) is 78.9 Å². The SMILES string of the molecule is COc1cc(F)cc(-c2cccc3[nH]c(-c4n[nH]c5ccc(-c6cncc(NC(O)Cc7ccccc7)c6)cc45)cc23)c1. The fourth-order valence-electron chi connectivity index (χ4n) is 5.53. The van der Waals surface area contributed by atoms with E-state index >= 15 is 0 Å².